The maximum atomic E-state index is 11.9. The van der Waals surface area contributed by atoms with Gasteiger partial charge in [-0.15, -0.1) is 0 Å². The van der Waals surface area contributed by atoms with Crippen molar-refractivity contribution >= 4 is 11.8 Å². The van der Waals surface area contributed by atoms with E-state index in [4.69, 9.17) is 0 Å². The Morgan fingerprint density at radius 1 is 0.500 bits per heavy atom. The first-order valence-electron chi connectivity index (χ1n) is 12.8. The molecule has 0 bridgehead atoms. The lowest BCUT2D eigenvalue weighted by atomic mass is 10.1. The quantitative estimate of drug-likeness (QED) is 0.161. The number of amides is 2. The average Bonchev–Trinajstić information content (AvgIpc) is 2.75. The molecule has 4 nitrogen and oxygen atoms in total. The van der Waals surface area contributed by atoms with Crippen LogP contribution < -0.4 is 0 Å². The van der Waals surface area contributed by atoms with Gasteiger partial charge in [0.05, 0.1) is 0 Å². The standard InChI is InChI=1S/C26H50N2O2/c1-5-27(6-2)25(29)23-21-19-17-15-13-11-9-10-12-14-16-18-20-22-24-26(30)28(7-3)8-4/h9-10H,5-8,11-24H2,1-4H3. The van der Waals surface area contributed by atoms with Crippen LogP contribution in [0.2, 0.25) is 0 Å². The smallest absolute Gasteiger partial charge is 0.222 e. The molecule has 0 spiro atoms. The molecule has 0 aromatic carbocycles. The van der Waals surface area contributed by atoms with Gasteiger partial charge in [-0.25, -0.2) is 0 Å². The molecule has 0 atom stereocenters. The summed E-state index contributed by atoms with van der Waals surface area (Å²) in [6, 6.07) is 0. The SMILES string of the molecule is CCN(CC)C(=O)CCCCCCCC=CCCCCCCCC(=O)N(CC)CC. The van der Waals surface area contributed by atoms with Gasteiger partial charge in [0.1, 0.15) is 0 Å². The van der Waals surface area contributed by atoms with Crippen LogP contribution in [0.3, 0.4) is 0 Å². The van der Waals surface area contributed by atoms with E-state index in [1.807, 2.05) is 37.5 Å². The van der Waals surface area contributed by atoms with Crippen LogP contribution in [-0.2, 0) is 9.59 Å². The summed E-state index contributed by atoms with van der Waals surface area (Å²) in [4.78, 5) is 27.7. The highest BCUT2D eigenvalue weighted by molar-refractivity contribution is 5.76. The van der Waals surface area contributed by atoms with Crippen LogP contribution >= 0.6 is 0 Å². The van der Waals surface area contributed by atoms with Gasteiger partial charge < -0.3 is 9.80 Å². The van der Waals surface area contributed by atoms with E-state index in [9.17, 15) is 9.59 Å². The fourth-order valence-electron chi connectivity index (χ4n) is 3.84. The van der Waals surface area contributed by atoms with Crippen LogP contribution in [0.15, 0.2) is 12.2 Å². The van der Waals surface area contributed by atoms with Crippen molar-refractivity contribution in [3.63, 3.8) is 0 Å². The topological polar surface area (TPSA) is 40.6 Å². The van der Waals surface area contributed by atoms with Crippen LogP contribution in [0.25, 0.3) is 0 Å². The zero-order valence-electron chi connectivity index (χ0n) is 20.6. The molecule has 0 aromatic rings. The zero-order valence-corrected chi connectivity index (χ0v) is 20.6. The molecule has 0 saturated carbocycles. The number of unbranched alkanes of at least 4 members (excludes halogenated alkanes) is 10. The monoisotopic (exact) mass is 422 g/mol. The minimum Gasteiger partial charge on any atom is -0.343 e. The highest BCUT2D eigenvalue weighted by Gasteiger charge is 2.08. The Kier molecular flexibility index (Phi) is 20.0. The fraction of sp³-hybridized carbons (Fsp3) is 0.846. The maximum absolute atomic E-state index is 11.9. The molecule has 4 heteroatoms. The Morgan fingerprint density at radius 3 is 1.13 bits per heavy atom. The molecule has 176 valence electrons. The molecule has 0 aliphatic carbocycles. The maximum Gasteiger partial charge on any atom is 0.222 e. The van der Waals surface area contributed by atoms with Gasteiger partial charge in [-0.3, -0.25) is 9.59 Å². The lowest BCUT2D eigenvalue weighted by Gasteiger charge is -2.18. The predicted molar refractivity (Wildman–Crippen MR) is 130 cm³/mol. The Bertz CT molecular complexity index is 400. The fourth-order valence-corrected chi connectivity index (χ4v) is 3.84. The van der Waals surface area contributed by atoms with E-state index in [-0.39, 0.29) is 0 Å². The van der Waals surface area contributed by atoms with E-state index < -0.39 is 0 Å². The minimum absolute atomic E-state index is 0.316. The number of hydrogen-bond donors (Lipinski definition) is 0. The minimum atomic E-state index is 0.316. The van der Waals surface area contributed by atoms with E-state index in [0.717, 1.165) is 39.0 Å². The molecule has 0 fully saturated rings. The molecular weight excluding hydrogens is 372 g/mol. The van der Waals surface area contributed by atoms with Gasteiger partial charge in [-0.2, -0.15) is 0 Å². The van der Waals surface area contributed by atoms with Crippen molar-refractivity contribution in [1.82, 2.24) is 9.80 Å². The second-order valence-electron chi connectivity index (χ2n) is 8.22. The Labute approximate surface area is 187 Å². The molecule has 0 radical (unpaired) electrons. The van der Waals surface area contributed by atoms with Gasteiger partial charge in [-0.1, -0.05) is 50.7 Å². The molecule has 0 aliphatic heterocycles. The number of rotatable bonds is 20. The van der Waals surface area contributed by atoms with Crippen molar-refractivity contribution in [3.05, 3.63) is 12.2 Å². The molecule has 0 aliphatic rings. The molecule has 0 unspecified atom stereocenters. The Morgan fingerprint density at radius 2 is 0.800 bits per heavy atom. The van der Waals surface area contributed by atoms with Crippen molar-refractivity contribution in [2.75, 3.05) is 26.2 Å². The summed E-state index contributed by atoms with van der Waals surface area (Å²) in [5.41, 5.74) is 0. The number of nitrogens with zero attached hydrogens (tertiary/aromatic N) is 2. The second-order valence-corrected chi connectivity index (χ2v) is 8.22. The molecule has 30 heavy (non-hydrogen) atoms. The second kappa shape index (κ2) is 20.9. The summed E-state index contributed by atoms with van der Waals surface area (Å²) in [6.07, 6.45) is 20.5. The molecule has 0 rings (SSSR count). The van der Waals surface area contributed by atoms with Gasteiger partial charge in [-0.05, 0) is 66.2 Å². The summed E-state index contributed by atoms with van der Waals surface area (Å²) >= 11 is 0. The van der Waals surface area contributed by atoms with Crippen molar-refractivity contribution < 1.29 is 9.59 Å². The number of carbonyl (C=O) groups is 2. The van der Waals surface area contributed by atoms with Gasteiger partial charge in [0.25, 0.3) is 0 Å². The van der Waals surface area contributed by atoms with E-state index >= 15 is 0 Å². The van der Waals surface area contributed by atoms with E-state index in [2.05, 4.69) is 12.2 Å². The third-order valence-electron chi connectivity index (χ3n) is 5.92. The number of hydrogen-bond acceptors (Lipinski definition) is 2. The first-order chi connectivity index (χ1) is 14.6. The van der Waals surface area contributed by atoms with Gasteiger partial charge in [0.2, 0.25) is 11.8 Å². The molecule has 2 amide bonds. The van der Waals surface area contributed by atoms with Crippen LogP contribution in [0, 0.1) is 0 Å². The molecular formula is C26H50N2O2. The van der Waals surface area contributed by atoms with E-state index in [0.29, 0.717) is 24.7 Å². The van der Waals surface area contributed by atoms with Crippen LogP contribution in [0.1, 0.15) is 118 Å². The van der Waals surface area contributed by atoms with Crippen LogP contribution in [-0.4, -0.2) is 47.8 Å². The molecule has 0 aromatic heterocycles. The van der Waals surface area contributed by atoms with Crippen molar-refractivity contribution in [1.29, 1.82) is 0 Å². The summed E-state index contributed by atoms with van der Waals surface area (Å²) in [6.45, 7) is 11.5. The summed E-state index contributed by atoms with van der Waals surface area (Å²) in [5.74, 6) is 0.632. The normalized spacial score (nSPS) is 11.2. The third-order valence-corrected chi connectivity index (χ3v) is 5.92. The van der Waals surface area contributed by atoms with Crippen molar-refractivity contribution in [2.24, 2.45) is 0 Å². The largest absolute Gasteiger partial charge is 0.343 e. The Hall–Kier alpha value is -1.32. The van der Waals surface area contributed by atoms with E-state index in [1.54, 1.807) is 0 Å². The lowest BCUT2D eigenvalue weighted by molar-refractivity contribution is -0.131. The average molecular weight is 423 g/mol. The predicted octanol–water partition coefficient (Wildman–Crippen LogP) is 6.74. The summed E-state index contributed by atoms with van der Waals surface area (Å²) in [7, 11) is 0. The van der Waals surface area contributed by atoms with Gasteiger partial charge >= 0.3 is 0 Å². The molecule has 0 N–H and O–H groups in total. The highest BCUT2D eigenvalue weighted by Crippen LogP contribution is 2.11. The van der Waals surface area contributed by atoms with Crippen molar-refractivity contribution in [2.45, 2.75) is 118 Å². The van der Waals surface area contributed by atoms with E-state index in [1.165, 1.54) is 64.2 Å². The lowest BCUT2D eigenvalue weighted by Crippen LogP contribution is -2.30. The first kappa shape index (κ1) is 28.7. The Balaban J connectivity index is 3.39. The highest BCUT2D eigenvalue weighted by atomic mass is 16.2. The van der Waals surface area contributed by atoms with Gasteiger partial charge in [0, 0.05) is 39.0 Å². The van der Waals surface area contributed by atoms with Crippen LogP contribution in [0.4, 0.5) is 0 Å². The number of carbonyl (C=O) groups excluding carboxylic acids is 2. The first-order valence-corrected chi connectivity index (χ1v) is 12.8. The van der Waals surface area contributed by atoms with Crippen LogP contribution in [0.5, 0.6) is 0 Å². The third kappa shape index (κ3) is 15.5. The van der Waals surface area contributed by atoms with Crippen molar-refractivity contribution in [3.8, 4) is 0 Å². The molecule has 0 heterocycles. The summed E-state index contributed by atoms with van der Waals surface area (Å²) < 4.78 is 0. The summed E-state index contributed by atoms with van der Waals surface area (Å²) in [5, 5.41) is 0. The number of allylic oxidation sites excluding steroid dienone is 2. The molecule has 0 saturated heterocycles. The van der Waals surface area contributed by atoms with Gasteiger partial charge in [0.15, 0.2) is 0 Å². The zero-order chi connectivity index (χ0) is 22.5.